The molecular weight excluding hydrogens is 376 g/mol. The van der Waals surface area contributed by atoms with Gasteiger partial charge in [-0.25, -0.2) is 13.6 Å². The highest BCUT2D eigenvalue weighted by Crippen LogP contribution is 2.28. The first-order chi connectivity index (χ1) is 13.8. The molecule has 1 saturated heterocycles. The molecule has 5 nitrogen and oxygen atoms in total. The number of rotatable bonds is 4. The van der Waals surface area contributed by atoms with Crippen LogP contribution in [0.3, 0.4) is 0 Å². The van der Waals surface area contributed by atoms with Crippen LogP contribution in [0.15, 0.2) is 42.5 Å². The summed E-state index contributed by atoms with van der Waals surface area (Å²) in [5.74, 6) is -2.24. The third kappa shape index (κ3) is 5.31. The number of carbonyl (C=O) groups is 2. The van der Waals surface area contributed by atoms with E-state index >= 15 is 0 Å². The SMILES string of the molecule is CC(C)NC(=O)N1CCC[C@@H](c2cccc(C(=O)Nc3ccc(F)c(F)c3)c2)C1. The predicted molar refractivity (Wildman–Crippen MR) is 108 cm³/mol. The number of nitrogens with zero attached hydrogens (tertiary/aromatic N) is 1. The van der Waals surface area contributed by atoms with Crippen molar-refractivity contribution >= 4 is 17.6 Å². The fourth-order valence-electron chi connectivity index (χ4n) is 3.48. The van der Waals surface area contributed by atoms with Crippen molar-refractivity contribution in [2.45, 2.75) is 38.6 Å². The first-order valence-electron chi connectivity index (χ1n) is 9.75. The lowest BCUT2D eigenvalue weighted by Gasteiger charge is -2.33. The second-order valence-corrected chi connectivity index (χ2v) is 7.60. The Balaban J connectivity index is 1.70. The summed E-state index contributed by atoms with van der Waals surface area (Å²) in [6.07, 6.45) is 1.82. The first-order valence-corrected chi connectivity index (χ1v) is 9.75. The molecule has 2 aromatic rings. The Labute approximate surface area is 169 Å². The molecule has 1 heterocycles. The van der Waals surface area contributed by atoms with E-state index in [-0.39, 0.29) is 23.7 Å². The zero-order valence-electron chi connectivity index (χ0n) is 16.5. The number of amides is 3. The molecule has 29 heavy (non-hydrogen) atoms. The normalized spacial score (nSPS) is 16.6. The van der Waals surface area contributed by atoms with Gasteiger partial charge in [-0.05, 0) is 56.5 Å². The maximum Gasteiger partial charge on any atom is 0.317 e. The van der Waals surface area contributed by atoms with Crippen molar-refractivity contribution in [1.82, 2.24) is 10.2 Å². The molecule has 1 aliphatic heterocycles. The first kappa shape index (κ1) is 20.8. The fraction of sp³-hybridized carbons (Fsp3) is 0.364. The smallest absolute Gasteiger partial charge is 0.317 e. The Bertz CT molecular complexity index is 901. The summed E-state index contributed by atoms with van der Waals surface area (Å²) in [7, 11) is 0. The number of likely N-dealkylation sites (tertiary alicyclic amines) is 1. The second kappa shape index (κ2) is 9.03. The van der Waals surface area contributed by atoms with Crippen molar-refractivity contribution < 1.29 is 18.4 Å². The highest BCUT2D eigenvalue weighted by Gasteiger charge is 2.25. The summed E-state index contributed by atoms with van der Waals surface area (Å²) in [5, 5.41) is 5.50. The van der Waals surface area contributed by atoms with Crippen LogP contribution in [0.2, 0.25) is 0 Å². The van der Waals surface area contributed by atoms with E-state index in [1.807, 2.05) is 24.8 Å². The lowest BCUT2D eigenvalue weighted by molar-refractivity contribution is 0.102. The average molecular weight is 401 g/mol. The number of piperidine rings is 1. The van der Waals surface area contributed by atoms with Gasteiger partial charge >= 0.3 is 6.03 Å². The van der Waals surface area contributed by atoms with Crippen LogP contribution in [0.1, 0.15) is 48.5 Å². The van der Waals surface area contributed by atoms with E-state index in [0.29, 0.717) is 18.7 Å². The van der Waals surface area contributed by atoms with Gasteiger partial charge in [0.25, 0.3) is 5.91 Å². The maximum absolute atomic E-state index is 13.4. The minimum atomic E-state index is -1.02. The van der Waals surface area contributed by atoms with E-state index in [0.717, 1.165) is 30.5 Å². The molecule has 1 atom stereocenters. The number of hydrogen-bond acceptors (Lipinski definition) is 2. The van der Waals surface area contributed by atoms with Crippen molar-refractivity contribution in [3.63, 3.8) is 0 Å². The van der Waals surface area contributed by atoms with E-state index in [1.54, 1.807) is 18.2 Å². The zero-order chi connectivity index (χ0) is 21.0. The van der Waals surface area contributed by atoms with Crippen molar-refractivity contribution in [2.24, 2.45) is 0 Å². The highest BCUT2D eigenvalue weighted by atomic mass is 19.2. The summed E-state index contributed by atoms with van der Waals surface area (Å²) in [5.41, 5.74) is 1.59. The van der Waals surface area contributed by atoms with E-state index in [2.05, 4.69) is 10.6 Å². The van der Waals surface area contributed by atoms with Gasteiger partial charge in [0.15, 0.2) is 11.6 Å². The van der Waals surface area contributed by atoms with E-state index in [1.165, 1.54) is 6.07 Å². The molecule has 1 aliphatic rings. The average Bonchev–Trinajstić information content (AvgIpc) is 2.70. The summed E-state index contributed by atoms with van der Waals surface area (Å²) < 4.78 is 26.4. The van der Waals surface area contributed by atoms with Crippen LogP contribution in [0, 0.1) is 11.6 Å². The molecule has 3 amide bonds. The number of nitrogens with one attached hydrogen (secondary N) is 2. The van der Waals surface area contributed by atoms with E-state index < -0.39 is 17.5 Å². The van der Waals surface area contributed by atoms with Crippen LogP contribution >= 0.6 is 0 Å². The molecule has 3 rings (SSSR count). The molecule has 0 unspecified atom stereocenters. The molecular formula is C22H25F2N3O2. The number of urea groups is 1. The molecule has 0 aromatic heterocycles. The summed E-state index contributed by atoms with van der Waals surface area (Å²) >= 11 is 0. The lowest BCUT2D eigenvalue weighted by atomic mass is 9.89. The monoisotopic (exact) mass is 401 g/mol. The largest absolute Gasteiger partial charge is 0.336 e. The Morgan fingerprint density at radius 1 is 1.10 bits per heavy atom. The van der Waals surface area contributed by atoms with Crippen LogP contribution in [-0.2, 0) is 0 Å². The van der Waals surface area contributed by atoms with Crippen LogP contribution in [0.5, 0.6) is 0 Å². The summed E-state index contributed by atoms with van der Waals surface area (Å²) in [6, 6.07) is 10.4. The van der Waals surface area contributed by atoms with E-state index in [4.69, 9.17) is 0 Å². The van der Waals surface area contributed by atoms with E-state index in [9.17, 15) is 18.4 Å². The highest BCUT2D eigenvalue weighted by molar-refractivity contribution is 6.04. The van der Waals surface area contributed by atoms with Crippen LogP contribution in [0.4, 0.5) is 19.3 Å². The fourth-order valence-corrected chi connectivity index (χ4v) is 3.48. The predicted octanol–water partition coefficient (Wildman–Crippen LogP) is 4.51. The molecule has 0 spiro atoms. The van der Waals surface area contributed by atoms with Crippen molar-refractivity contribution in [1.29, 1.82) is 0 Å². The van der Waals surface area contributed by atoms with Gasteiger partial charge in [-0.2, -0.15) is 0 Å². The van der Waals surface area contributed by atoms with Gasteiger partial charge in [0.1, 0.15) is 0 Å². The number of anilines is 1. The Morgan fingerprint density at radius 3 is 2.62 bits per heavy atom. The van der Waals surface area contributed by atoms with Crippen molar-refractivity contribution in [3.05, 3.63) is 65.2 Å². The minimum Gasteiger partial charge on any atom is -0.336 e. The second-order valence-electron chi connectivity index (χ2n) is 7.60. The Hall–Kier alpha value is -2.96. The molecule has 7 heteroatoms. The Morgan fingerprint density at radius 2 is 1.90 bits per heavy atom. The Kier molecular flexibility index (Phi) is 6.46. The zero-order valence-corrected chi connectivity index (χ0v) is 16.5. The third-order valence-electron chi connectivity index (χ3n) is 4.92. The van der Waals surface area contributed by atoms with Gasteiger partial charge < -0.3 is 15.5 Å². The van der Waals surface area contributed by atoms with Crippen LogP contribution < -0.4 is 10.6 Å². The molecule has 0 radical (unpaired) electrons. The number of halogens is 2. The quantitative estimate of drug-likeness (QED) is 0.792. The van der Waals surface area contributed by atoms with Crippen LogP contribution in [0.25, 0.3) is 0 Å². The van der Waals surface area contributed by atoms with Gasteiger partial charge in [-0.3, -0.25) is 4.79 Å². The van der Waals surface area contributed by atoms with Gasteiger partial charge in [0, 0.05) is 42.4 Å². The molecule has 0 aliphatic carbocycles. The van der Waals surface area contributed by atoms with Gasteiger partial charge in [0.2, 0.25) is 0 Å². The summed E-state index contributed by atoms with van der Waals surface area (Å²) in [4.78, 5) is 26.7. The minimum absolute atomic E-state index is 0.0723. The molecule has 0 saturated carbocycles. The third-order valence-corrected chi connectivity index (χ3v) is 4.92. The number of carbonyl (C=O) groups excluding carboxylic acids is 2. The van der Waals surface area contributed by atoms with Crippen LogP contribution in [-0.4, -0.2) is 36.0 Å². The maximum atomic E-state index is 13.4. The lowest BCUT2D eigenvalue weighted by Crippen LogP contribution is -2.47. The standard InChI is InChI=1S/C22H25F2N3O2/c1-14(2)25-22(29)27-10-4-7-17(13-27)15-5-3-6-16(11-15)21(28)26-18-8-9-19(23)20(24)12-18/h3,5-6,8-9,11-12,14,17H,4,7,10,13H2,1-2H3,(H,25,29)(H,26,28)/t17-/m1/s1. The van der Waals surface area contributed by atoms with Crippen molar-refractivity contribution in [3.8, 4) is 0 Å². The number of benzene rings is 2. The van der Waals surface area contributed by atoms with Gasteiger partial charge in [-0.15, -0.1) is 0 Å². The summed E-state index contributed by atoms with van der Waals surface area (Å²) in [6.45, 7) is 5.15. The molecule has 154 valence electrons. The van der Waals surface area contributed by atoms with Crippen molar-refractivity contribution in [2.75, 3.05) is 18.4 Å². The van der Waals surface area contributed by atoms with Gasteiger partial charge in [0.05, 0.1) is 0 Å². The topological polar surface area (TPSA) is 61.4 Å². The molecule has 0 bridgehead atoms. The van der Waals surface area contributed by atoms with Gasteiger partial charge in [-0.1, -0.05) is 12.1 Å². The molecule has 2 N–H and O–H groups in total. The number of hydrogen-bond donors (Lipinski definition) is 2. The molecule has 1 fully saturated rings. The molecule has 2 aromatic carbocycles.